The number of hydrogen-bond donors (Lipinski definition) is 0. The molecule has 4 aromatic heterocycles. The van der Waals surface area contributed by atoms with Crippen molar-refractivity contribution >= 4 is 98.6 Å². The number of alkyl halides is 9. The van der Waals surface area contributed by atoms with Gasteiger partial charge in [-0.3, -0.25) is 0 Å². The average Bonchev–Trinajstić information content (AvgIpc) is 1.53. The number of rotatable bonds is 6. The lowest BCUT2D eigenvalue weighted by atomic mass is 9.96. The van der Waals surface area contributed by atoms with Crippen molar-refractivity contribution in [1.29, 1.82) is 5.26 Å². The quantitative estimate of drug-likeness (QED) is 0.121. The lowest BCUT2D eigenvalue weighted by Crippen LogP contribution is -2.14. The molecule has 16 rings (SSSR count). The number of para-hydroxylation sites is 8. The zero-order chi connectivity index (χ0) is 71.9. The fourth-order valence-electron chi connectivity index (χ4n) is 15.5. The van der Waals surface area contributed by atoms with Gasteiger partial charge in [-0.2, -0.15) is 44.8 Å². The molecule has 0 unspecified atom stereocenters. The van der Waals surface area contributed by atoms with Gasteiger partial charge in [-0.05, 0) is 172 Å². The van der Waals surface area contributed by atoms with Crippen LogP contribution in [-0.2, 0) is 18.5 Å². The van der Waals surface area contributed by atoms with Crippen molar-refractivity contribution in [1.82, 2.24) is 18.3 Å². The van der Waals surface area contributed by atoms with Crippen LogP contribution in [0.1, 0.15) is 66.8 Å². The highest BCUT2D eigenvalue weighted by molar-refractivity contribution is 6.16. The Hall–Kier alpha value is -12.3. The van der Waals surface area contributed by atoms with E-state index in [2.05, 4.69) is 37.0 Å². The molecule has 500 valence electrons. The van der Waals surface area contributed by atoms with E-state index in [4.69, 9.17) is 13.1 Å². The maximum atomic E-state index is 15.7. The van der Waals surface area contributed by atoms with E-state index >= 15 is 13.2 Å². The molecule has 4 heterocycles. The average molecular weight is 1360 g/mol. The molecule has 102 heavy (non-hydrogen) atoms. The minimum Gasteiger partial charge on any atom is -0.308 e. The number of aryl methyl sites for hydroxylation is 8. The molecule has 0 fully saturated rings. The second-order valence-electron chi connectivity index (χ2n) is 26.2. The molecular formula is C86H58F9N7. The molecule has 0 bridgehead atoms. The third-order valence-electron chi connectivity index (χ3n) is 19.8. The number of halogens is 9. The molecule has 0 aliphatic carbocycles. The molecule has 0 saturated heterocycles. The van der Waals surface area contributed by atoms with Crippen LogP contribution in [0.2, 0.25) is 0 Å². The lowest BCUT2D eigenvalue weighted by Gasteiger charge is -2.23. The summed E-state index contributed by atoms with van der Waals surface area (Å²) in [6.45, 7) is 30.8. The van der Waals surface area contributed by atoms with Gasteiger partial charge in [0, 0.05) is 65.3 Å². The van der Waals surface area contributed by atoms with Crippen molar-refractivity contribution in [3.05, 3.63) is 296 Å². The van der Waals surface area contributed by atoms with Crippen molar-refractivity contribution < 1.29 is 39.5 Å². The number of hydrogen-bond acceptors (Lipinski definition) is 1. The topological polar surface area (TPSA) is 52.2 Å². The molecular weight excluding hydrogens is 1300 g/mol. The van der Waals surface area contributed by atoms with Crippen molar-refractivity contribution in [2.45, 2.75) is 73.9 Å². The van der Waals surface area contributed by atoms with E-state index in [0.717, 1.165) is 140 Å². The standard InChI is InChI=1S/C43H29F6N3.C43H29F3N4/c1-23-10-6-14-30-31-15-7-11-24(2)39(31)51(38(23)30)36-22-35(43(47,48)49)37(21-34(36)27-18-28(42(44,45)46)20-29(19-27)50-5)52-40-25(3)12-8-16-32(40)33-17-9-13-26(4)41(33)52;1-24-10-6-14-32-33-15-7-11-25(2)40(33)49(39(24)32)37-22-36(28-18-30(43(44,45)46)21-31(19-28)48-5)38(20-29(37)23-47)50-41-26(3)12-8-16-34(41)35-17-9-13-27(4)42(35)50/h6-22H,1-4H3;6-22H,1-4H3. The first-order valence-electron chi connectivity index (χ1n) is 32.7. The Balaban J connectivity index is 0.000000165. The third-order valence-corrected chi connectivity index (χ3v) is 19.8. The molecule has 0 atom stereocenters. The molecule has 0 amide bonds. The Labute approximate surface area is 579 Å². The predicted molar refractivity (Wildman–Crippen MR) is 391 cm³/mol. The SMILES string of the molecule is [C-]#[N+]c1cc(-c2cc(-n3c4c(C)cccc4c4cccc(C)c43)c(C#N)cc2-n2c3c(C)cccc3c3cccc(C)c32)cc(C(F)(F)F)c1.[C-]#[N+]c1cc(-c2cc(-n3c4c(C)cccc4c4cccc(C)c43)c(C(F)(F)F)cc2-n2c3c(C)cccc3c3cccc(C)c32)cc(C(F)(F)F)c1. The van der Waals surface area contributed by atoms with E-state index in [0.29, 0.717) is 44.6 Å². The van der Waals surface area contributed by atoms with Crippen LogP contribution in [0.3, 0.4) is 0 Å². The van der Waals surface area contributed by atoms with Gasteiger partial charge in [-0.25, -0.2) is 9.69 Å². The fourth-order valence-corrected chi connectivity index (χ4v) is 15.5. The summed E-state index contributed by atoms with van der Waals surface area (Å²) in [5.41, 5.74) is 11.7. The number of aromatic nitrogens is 4. The van der Waals surface area contributed by atoms with Crippen LogP contribution in [0, 0.1) is 79.9 Å². The summed E-state index contributed by atoms with van der Waals surface area (Å²) in [7, 11) is 0. The molecule has 0 saturated carbocycles. The highest BCUT2D eigenvalue weighted by Crippen LogP contribution is 2.50. The molecule has 7 nitrogen and oxygen atoms in total. The van der Waals surface area contributed by atoms with E-state index in [9.17, 15) is 31.6 Å². The molecule has 0 spiro atoms. The second kappa shape index (κ2) is 24.0. The van der Waals surface area contributed by atoms with Gasteiger partial charge in [0.25, 0.3) is 0 Å². The molecule has 16 heteroatoms. The summed E-state index contributed by atoms with van der Waals surface area (Å²) >= 11 is 0. The Morgan fingerprint density at radius 1 is 0.304 bits per heavy atom. The van der Waals surface area contributed by atoms with Crippen molar-refractivity contribution in [3.63, 3.8) is 0 Å². The summed E-state index contributed by atoms with van der Waals surface area (Å²) in [4.78, 5) is 6.79. The van der Waals surface area contributed by atoms with Gasteiger partial charge >= 0.3 is 18.5 Å². The van der Waals surface area contributed by atoms with Crippen molar-refractivity contribution in [2.24, 2.45) is 0 Å². The van der Waals surface area contributed by atoms with Crippen LogP contribution in [0.15, 0.2) is 206 Å². The van der Waals surface area contributed by atoms with Gasteiger partial charge in [-0.15, -0.1) is 0 Å². The van der Waals surface area contributed by atoms with Crippen LogP contribution in [0.5, 0.6) is 0 Å². The van der Waals surface area contributed by atoms with Crippen molar-refractivity contribution in [2.75, 3.05) is 0 Å². The minimum absolute atomic E-state index is 0.0304. The largest absolute Gasteiger partial charge is 0.418 e. The summed E-state index contributed by atoms with van der Waals surface area (Å²) in [5.74, 6) is 0. The summed E-state index contributed by atoms with van der Waals surface area (Å²) in [5, 5.41) is 18.0. The van der Waals surface area contributed by atoms with Gasteiger partial charge in [0.2, 0.25) is 0 Å². The fraction of sp³-hybridized carbons (Fsp3) is 0.128. The Morgan fingerprint density at radius 2 is 0.559 bits per heavy atom. The number of nitrogens with zero attached hydrogens (tertiary/aromatic N) is 7. The zero-order valence-electron chi connectivity index (χ0n) is 56.2. The van der Waals surface area contributed by atoms with Gasteiger partial charge in [-0.1, -0.05) is 146 Å². The number of fused-ring (bicyclic) bond motifs is 12. The molecule has 0 aliphatic heterocycles. The predicted octanol–water partition coefficient (Wildman–Crippen LogP) is 25.6. The maximum Gasteiger partial charge on any atom is 0.418 e. The van der Waals surface area contributed by atoms with Crippen molar-refractivity contribution in [3.8, 4) is 51.1 Å². The summed E-state index contributed by atoms with van der Waals surface area (Å²) in [6.07, 6.45) is -14.4. The van der Waals surface area contributed by atoms with Crippen LogP contribution in [-0.4, -0.2) is 18.3 Å². The molecule has 16 aromatic rings. The van der Waals surface area contributed by atoms with Crippen LogP contribution in [0.25, 0.3) is 142 Å². The Kier molecular flexibility index (Phi) is 15.4. The van der Waals surface area contributed by atoms with Crippen LogP contribution < -0.4 is 0 Å². The Morgan fingerprint density at radius 3 is 0.814 bits per heavy atom. The molecule has 0 radical (unpaired) electrons. The first-order chi connectivity index (χ1) is 48.7. The van der Waals surface area contributed by atoms with E-state index in [-0.39, 0.29) is 39.4 Å². The minimum atomic E-state index is -4.88. The maximum absolute atomic E-state index is 15.7. The first kappa shape index (κ1) is 65.6. The lowest BCUT2D eigenvalue weighted by molar-refractivity contribution is -0.138. The van der Waals surface area contributed by atoms with Gasteiger partial charge in [0.05, 0.1) is 91.2 Å². The van der Waals surface area contributed by atoms with Gasteiger partial charge < -0.3 is 18.3 Å². The molecule has 12 aromatic carbocycles. The molecule has 0 N–H and O–H groups in total. The van der Waals surface area contributed by atoms with Gasteiger partial charge in [0.1, 0.15) is 6.07 Å². The molecule has 0 aliphatic rings. The zero-order valence-corrected chi connectivity index (χ0v) is 56.2. The first-order valence-corrected chi connectivity index (χ1v) is 32.7. The number of benzene rings is 12. The monoisotopic (exact) mass is 1360 g/mol. The van der Waals surface area contributed by atoms with E-state index in [1.54, 1.807) is 15.2 Å². The second-order valence-corrected chi connectivity index (χ2v) is 26.2. The summed E-state index contributed by atoms with van der Waals surface area (Å²) in [6, 6.07) is 61.6. The highest BCUT2D eigenvalue weighted by Gasteiger charge is 2.39. The van der Waals surface area contributed by atoms with E-state index in [1.165, 1.54) is 18.2 Å². The third kappa shape index (κ3) is 10.4. The smallest absolute Gasteiger partial charge is 0.308 e. The van der Waals surface area contributed by atoms with E-state index < -0.39 is 35.2 Å². The Bertz CT molecular complexity index is 6180. The van der Waals surface area contributed by atoms with Crippen LogP contribution >= 0.6 is 0 Å². The highest BCUT2D eigenvalue weighted by atomic mass is 19.4. The summed E-state index contributed by atoms with van der Waals surface area (Å²) < 4.78 is 141. The number of nitriles is 1. The normalized spacial score (nSPS) is 12.1. The van der Waals surface area contributed by atoms with E-state index in [1.807, 2.05) is 195 Å². The van der Waals surface area contributed by atoms with Gasteiger partial charge in [0.15, 0.2) is 11.4 Å². The van der Waals surface area contributed by atoms with Crippen LogP contribution in [0.4, 0.5) is 50.9 Å².